The third-order valence-electron chi connectivity index (χ3n) is 2.67. The first-order chi connectivity index (χ1) is 9.73. The van der Waals surface area contributed by atoms with Crippen LogP contribution < -0.4 is 0 Å². The van der Waals surface area contributed by atoms with E-state index >= 15 is 0 Å². The lowest BCUT2D eigenvalue weighted by Crippen LogP contribution is -2.27. The molecule has 7 heteroatoms. The molecule has 0 spiro atoms. The molecule has 0 atom stereocenters. The maximum absolute atomic E-state index is 12.2. The fourth-order valence-electron chi connectivity index (χ4n) is 1.90. The molecule has 1 aromatic heterocycles. The summed E-state index contributed by atoms with van der Waals surface area (Å²) < 4.78 is 6.10. The van der Waals surface area contributed by atoms with E-state index in [1.54, 1.807) is 20.8 Å². The van der Waals surface area contributed by atoms with Crippen molar-refractivity contribution < 1.29 is 14.5 Å². The number of carbonyl (C=O) groups excluding carboxylic acids is 1. The number of ether oxygens (including phenoxy) is 1. The van der Waals surface area contributed by atoms with Gasteiger partial charge in [-0.25, -0.2) is 0 Å². The van der Waals surface area contributed by atoms with Crippen molar-refractivity contribution in [3.05, 3.63) is 39.9 Å². The quantitative estimate of drug-likeness (QED) is 0.592. The van der Waals surface area contributed by atoms with Gasteiger partial charge in [0.2, 0.25) is 0 Å². The number of rotatable bonds is 1. The van der Waals surface area contributed by atoms with E-state index in [2.05, 4.69) is 0 Å². The van der Waals surface area contributed by atoms with E-state index in [1.165, 1.54) is 24.3 Å². The van der Waals surface area contributed by atoms with Crippen LogP contribution in [0.4, 0.5) is 10.6 Å². The molecule has 0 aliphatic carbocycles. The Kier molecular flexibility index (Phi) is 3.39. The molecule has 21 heavy (non-hydrogen) atoms. The van der Waals surface area contributed by atoms with E-state index in [1.807, 2.05) is 6.07 Å². The number of hydrogen-bond acceptors (Lipinski definition) is 5. The highest BCUT2D eigenvalue weighted by Crippen LogP contribution is 2.27. The van der Waals surface area contributed by atoms with Gasteiger partial charge < -0.3 is 14.9 Å². The first kappa shape index (κ1) is 14.5. The van der Waals surface area contributed by atoms with Gasteiger partial charge in [-0.05, 0) is 43.9 Å². The fraction of sp³-hybridized carbons (Fsp3) is 0.286. The summed E-state index contributed by atoms with van der Waals surface area (Å²) in [5.41, 5.74) is -0.0811. The lowest BCUT2D eigenvalue weighted by atomic mass is 10.2. The molecule has 1 aromatic carbocycles. The SMILES string of the molecule is CC(C)(C)OC(=O)n1c([N+](=O)[O-])cc2cc(C#N)ccc21. The summed E-state index contributed by atoms with van der Waals surface area (Å²) in [6, 6.07) is 7.67. The summed E-state index contributed by atoms with van der Waals surface area (Å²) in [5.74, 6) is -0.394. The van der Waals surface area contributed by atoms with Gasteiger partial charge in [-0.3, -0.25) is 0 Å². The molecule has 0 saturated carbocycles. The third kappa shape index (κ3) is 2.84. The van der Waals surface area contributed by atoms with Gasteiger partial charge >= 0.3 is 11.9 Å². The molecule has 0 N–H and O–H groups in total. The topological polar surface area (TPSA) is 98.2 Å². The third-order valence-corrected chi connectivity index (χ3v) is 2.67. The zero-order valence-corrected chi connectivity index (χ0v) is 11.8. The molecule has 0 unspecified atom stereocenters. The minimum atomic E-state index is -0.825. The smallest absolute Gasteiger partial charge is 0.425 e. The number of aromatic nitrogens is 1. The molecule has 2 aromatic rings. The second-order valence-electron chi connectivity index (χ2n) is 5.46. The van der Waals surface area contributed by atoms with Crippen molar-refractivity contribution in [3.63, 3.8) is 0 Å². The normalized spacial score (nSPS) is 11.1. The van der Waals surface area contributed by atoms with Crippen molar-refractivity contribution in [3.8, 4) is 6.07 Å². The molecular formula is C14H13N3O4. The van der Waals surface area contributed by atoms with Crippen LogP contribution in [0.1, 0.15) is 26.3 Å². The average Bonchev–Trinajstić information content (AvgIpc) is 2.74. The first-order valence-corrected chi connectivity index (χ1v) is 6.16. The van der Waals surface area contributed by atoms with Crippen LogP contribution in [0.5, 0.6) is 0 Å². The molecule has 0 amide bonds. The number of hydrogen-bond donors (Lipinski definition) is 0. The monoisotopic (exact) mass is 287 g/mol. The Morgan fingerprint density at radius 2 is 2.05 bits per heavy atom. The summed E-state index contributed by atoms with van der Waals surface area (Å²) in [6.07, 6.45) is -0.825. The van der Waals surface area contributed by atoms with E-state index < -0.39 is 22.4 Å². The Hall–Kier alpha value is -2.88. The first-order valence-electron chi connectivity index (χ1n) is 6.16. The largest absolute Gasteiger partial charge is 0.513 e. The second-order valence-corrected chi connectivity index (χ2v) is 5.46. The lowest BCUT2D eigenvalue weighted by molar-refractivity contribution is -0.390. The minimum absolute atomic E-state index is 0.329. The van der Waals surface area contributed by atoms with Gasteiger partial charge in [0.05, 0.1) is 11.6 Å². The van der Waals surface area contributed by atoms with Crippen LogP contribution in [0, 0.1) is 21.4 Å². The van der Waals surface area contributed by atoms with Crippen LogP contribution in [-0.2, 0) is 4.74 Å². The molecule has 0 radical (unpaired) electrons. The predicted molar refractivity (Wildman–Crippen MR) is 74.9 cm³/mol. The van der Waals surface area contributed by atoms with Crippen LogP contribution in [0.15, 0.2) is 24.3 Å². The van der Waals surface area contributed by atoms with E-state index in [4.69, 9.17) is 10.00 Å². The maximum Gasteiger partial charge on any atom is 0.513 e. The lowest BCUT2D eigenvalue weighted by Gasteiger charge is -2.17. The van der Waals surface area contributed by atoms with Crippen LogP contribution in [-0.4, -0.2) is 21.2 Å². The zero-order chi connectivity index (χ0) is 15.8. The van der Waals surface area contributed by atoms with Gasteiger partial charge in [0.15, 0.2) is 0 Å². The predicted octanol–water partition coefficient (Wildman–Crippen LogP) is 3.20. The van der Waals surface area contributed by atoms with Crippen molar-refractivity contribution >= 4 is 22.8 Å². The van der Waals surface area contributed by atoms with Gasteiger partial charge in [0, 0.05) is 11.5 Å². The Balaban J connectivity index is 2.65. The summed E-state index contributed by atoms with van der Waals surface area (Å²) in [6.45, 7) is 5.03. The van der Waals surface area contributed by atoms with Crippen LogP contribution in [0.2, 0.25) is 0 Å². The Bertz CT molecular complexity index is 778. The average molecular weight is 287 g/mol. The van der Waals surface area contributed by atoms with Crippen LogP contribution >= 0.6 is 0 Å². The summed E-state index contributed by atoms with van der Waals surface area (Å²) in [5, 5.41) is 20.4. The Labute approximate surface area is 120 Å². The Morgan fingerprint density at radius 3 is 2.57 bits per heavy atom. The number of nitrogens with zero attached hydrogens (tertiary/aromatic N) is 3. The van der Waals surface area contributed by atoms with Gasteiger partial charge in [0.25, 0.3) is 0 Å². The molecule has 1 heterocycles. The molecule has 7 nitrogen and oxygen atoms in total. The van der Waals surface area contributed by atoms with Gasteiger partial charge in [-0.15, -0.1) is 4.57 Å². The highest BCUT2D eigenvalue weighted by Gasteiger charge is 2.29. The standard InChI is InChI=1S/C14H13N3O4/c1-14(2,3)21-13(18)16-11-5-4-9(8-15)6-10(11)7-12(16)17(19)20/h4-7H,1-3H3. The number of benzene rings is 1. The number of carbonyl (C=O) groups is 1. The minimum Gasteiger partial charge on any atom is -0.425 e. The van der Waals surface area contributed by atoms with Crippen LogP contribution in [0.25, 0.3) is 10.9 Å². The number of nitriles is 1. The molecule has 0 bridgehead atoms. The van der Waals surface area contributed by atoms with E-state index in [-0.39, 0.29) is 0 Å². The van der Waals surface area contributed by atoms with Crippen molar-refractivity contribution in [2.45, 2.75) is 26.4 Å². The number of fused-ring (bicyclic) bond motifs is 1. The molecule has 0 aliphatic rings. The zero-order valence-electron chi connectivity index (χ0n) is 11.8. The number of nitro groups is 1. The van der Waals surface area contributed by atoms with E-state index in [0.29, 0.717) is 16.5 Å². The summed E-state index contributed by atoms with van der Waals surface area (Å²) in [4.78, 5) is 22.7. The highest BCUT2D eigenvalue weighted by molar-refractivity contribution is 5.93. The molecule has 108 valence electrons. The fourth-order valence-corrected chi connectivity index (χ4v) is 1.90. The van der Waals surface area contributed by atoms with Gasteiger partial charge in [-0.2, -0.15) is 10.1 Å². The summed E-state index contributed by atoms with van der Waals surface area (Å²) >= 11 is 0. The second kappa shape index (κ2) is 4.90. The molecule has 0 aliphatic heterocycles. The van der Waals surface area contributed by atoms with Crippen molar-refractivity contribution in [1.29, 1.82) is 5.26 Å². The van der Waals surface area contributed by atoms with E-state index in [9.17, 15) is 14.9 Å². The van der Waals surface area contributed by atoms with E-state index in [0.717, 1.165) is 4.57 Å². The van der Waals surface area contributed by atoms with Gasteiger partial charge in [-0.1, -0.05) is 0 Å². The van der Waals surface area contributed by atoms with Crippen molar-refractivity contribution in [2.75, 3.05) is 0 Å². The molecular weight excluding hydrogens is 274 g/mol. The molecule has 0 fully saturated rings. The Morgan fingerprint density at radius 1 is 1.38 bits per heavy atom. The molecule has 0 saturated heterocycles. The highest BCUT2D eigenvalue weighted by atomic mass is 16.6. The maximum atomic E-state index is 12.2. The summed E-state index contributed by atoms with van der Waals surface area (Å²) in [7, 11) is 0. The van der Waals surface area contributed by atoms with Crippen molar-refractivity contribution in [1.82, 2.24) is 4.57 Å². The van der Waals surface area contributed by atoms with Crippen LogP contribution in [0.3, 0.4) is 0 Å². The van der Waals surface area contributed by atoms with Crippen molar-refractivity contribution in [2.24, 2.45) is 0 Å². The molecule has 2 rings (SSSR count). The van der Waals surface area contributed by atoms with Gasteiger partial charge in [0.1, 0.15) is 11.1 Å².